The van der Waals surface area contributed by atoms with E-state index in [2.05, 4.69) is 23.0 Å². The molecular weight excluding hydrogens is 530 g/mol. The van der Waals surface area contributed by atoms with Crippen LogP contribution in [0, 0.1) is 37.0 Å². The van der Waals surface area contributed by atoms with Crippen LogP contribution in [-0.2, 0) is 16.6 Å². The topological polar surface area (TPSA) is 118 Å². The Balaban J connectivity index is 1.58. The summed E-state index contributed by atoms with van der Waals surface area (Å²) in [5.41, 5.74) is 4.51. The summed E-state index contributed by atoms with van der Waals surface area (Å²) in [5, 5.41) is 21.7. The molecular formula is C31H34B2N4O5. The lowest BCUT2D eigenvalue weighted by Crippen LogP contribution is -2.41. The average Bonchev–Trinajstić information content (AvgIpc) is 3.68. The number of hydrogen-bond donors (Lipinski definition) is 2. The van der Waals surface area contributed by atoms with Crippen molar-refractivity contribution in [3.8, 4) is 17.7 Å². The number of aryl methyl sites for hydroxylation is 3. The molecule has 214 valence electrons. The van der Waals surface area contributed by atoms with Crippen molar-refractivity contribution in [2.45, 2.75) is 77.2 Å². The molecule has 2 atom stereocenters. The highest BCUT2D eigenvalue weighted by molar-refractivity contribution is 6.41. The van der Waals surface area contributed by atoms with Gasteiger partial charge in [0.25, 0.3) is 5.88 Å². The summed E-state index contributed by atoms with van der Waals surface area (Å²) >= 11 is 0. The number of aliphatic hydroxyl groups is 1. The number of carboxylic acid groups (broad SMARTS) is 1. The minimum Gasteiger partial charge on any atom is -0.481 e. The average molecular weight is 564 g/mol. The number of nitrogens with zero attached hydrogens (tertiary/aromatic N) is 4. The SMILES string of the molecule is [B]C([B])(O)C#CC(=O)N(c1ccc2c(n1)c(O[C@@H]1CC[C@H](C(=O)O)C(C)(C)C1)nn2C)c1cc(C)c(C)cc1C1CC1. The fourth-order valence-electron chi connectivity index (χ4n) is 5.88. The number of benzene rings is 1. The number of rotatable bonds is 6. The van der Waals surface area contributed by atoms with Crippen molar-refractivity contribution in [1.82, 2.24) is 14.8 Å². The van der Waals surface area contributed by atoms with Gasteiger partial charge < -0.3 is 14.9 Å². The first-order valence-corrected chi connectivity index (χ1v) is 14.2. The number of fused-ring (bicyclic) bond motifs is 1. The maximum Gasteiger partial charge on any atom is 0.308 e. The van der Waals surface area contributed by atoms with Gasteiger partial charge in [0.1, 0.15) is 27.6 Å². The van der Waals surface area contributed by atoms with E-state index in [1.807, 2.05) is 39.8 Å². The van der Waals surface area contributed by atoms with Crippen molar-refractivity contribution in [2.75, 3.05) is 4.90 Å². The van der Waals surface area contributed by atoms with Crippen LogP contribution in [0.5, 0.6) is 5.88 Å². The Morgan fingerprint density at radius 2 is 1.83 bits per heavy atom. The third-order valence-corrected chi connectivity index (χ3v) is 8.41. The second kappa shape index (κ2) is 10.8. The van der Waals surface area contributed by atoms with Crippen LogP contribution >= 0.6 is 0 Å². The molecule has 1 aromatic carbocycles. The van der Waals surface area contributed by atoms with E-state index in [4.69, 9.17) is 25.4 Å². The van der Waals surface area contributed by atoms with Crippen molar-refractivity contribution >= 4 is 50.1 Å². The third-order valence-electron chi connectivity index (χ3n) is 8.41. The molecule has 2 heterocycles. The van der Waals surface area contributed by atoms with Crippen LogP contribution in [0.15, 0.2) is 24.3 Å². The lowest BCUT2D eigenvalue weighted by Gasteiger charge is -2.39. The number of aliphatic carboxylic acids is 1. The summed E-state index contributed by atoms with van der Waals surface area (Å²) in [5.74, 6) is 3.65. The molecule has 2 saturated carbocycles. The van der Waals surface area contributed by atoms with Gasteiger partial charge in [-0.1, -0.05) is 25.8 Å². The van der Waals surface area contributed by atoms with Crippen LogP contribution in [0.2, 0.25) is 0 Å². The first-order chi connectivity index (χ1) is 19.6. The van der Waals surface area contributed by atoms with Gasteiger partial charge in [-0.05, 0) is 98.1 Å². The molecule has 0 bridgehead atoms. The molecule has 9 nitrogen and oxygen atoms in total. The molecule has 0 saturated heterocycles. The maximum absolute atomic E-state index is 13.7. The highest BCUT2D eigenvalue weighted by Gasteiger charge is 2.42. The molecule has 0 unspecified atom stereocenters. The van der Waals surface area contributed by atoms with Crippen molar-refractivity contribution in [1.29, 1.82) is 0 Å². The van der Waals surface area contributed by atoms with Crippen LogP contribution in [0.25, 0.3) is 11.0 Å². The molecule has 0 spiro atoms. The van der Waals surface area contributed by atoms with Crippen molar-refractivity contribution in [3.05, 3.63) is 41.0 Å². The number of ether oxygens (including phenoxy) is 1. The molecule has 1 amide bonds. The van der Waals surface area contributed by atoms with Gasteiger partial charge >= 0.3 is 11.9 Å². The summed E-state index contributed by atoms with van der Waals surface area (Å²) in [6.07, 6.45) is 3.42. The predicted molar refractivity (Wildman–Crippen MR) is 161 cm³/mol. The van der Waals surface area contributed by atoms with Gasteiger partial charge in [-0.2, -0.15) is 0 Å². The Bertz CT molecular complexity index is 1630. The lowest BCUT2D eigenvalue weighted by atomic mass is 9.66. The molecule has 2 N–H and O–H groups in total. The van der Waals surface area contributed by atoms with E-state index in [0.29, 0.717) is 53.6 Å². The number of aromatic nitrogens is 3. The van der Waals surface area contributed by atoms with E-state index >= 15 is 0 Å². The van der Waals surface area contributed by atoms with Crippen molar-refractivity contribution in [2.24, 2.45) is 18.4 Å². The van der Waals surface area contributed by atoms with Crippen LogP contribution in [-0.4, -0.2) is 64.1 Å². The second-order valence-corrected chi connectivity index (χ2v) is 12.4. The number of hydrogen-bond acceptors (Lipinski definition) is 6. The van der Waals surface area contributed by atoms with Crippen molar-refractivity contribution < 1.29 is 24.5 Å². The Morgan fingerprint density at radius 1 is 1.14 bits per heavy atom. The van der Waals surface area contributed by atoms with Crippen LogP contribution in [0.3, 0.4) is 0 Å². The first-order valence-electron chi connectivity index (χ1n) is 14.2. The molecule has 42 heavy (non-hydrogen) atoms. The highest BCUT2D eigenvalue weighted by Crippen LogP contribution is 2.47. The number of pyridine rings is 1. The largest absolute Gasteiger partial charge is 0.481 e. The van der Waals surface area contributed by atoms with E-state index in [1.165, 1.54) is 4.90 Å². The fraction of sp³-hybridized carbons (Fsp3) is 0.484. The number of carboxylic acids is 1. The monoisotopic (exact) mass is 564 g/mol. The van der Waals surface area contributed by atoms with E-state index in [-0.39, 0.29) is 6.10 Å². The van der Waals surface area contributed by atoms with E-state index in [1.54, 1.807) is 17.8 Å². The summed E-state index contributed by atoms with van der Waals surface area (Å²) in [6, 6.07) is 7.59. The predicted octanol–water partition coefficient (Wildman–Crippen LogP) is 3.77. The van der Waals surface area contributed by atoms with Gasteiger partial charge in [0.15, 0.2) is 5.52 Å². The quantitative estimate of drug-likeness (QED) is 0.346. The smallest absolute Gasteiger partial charge is 0.308 e. The molecule has 3 aromatic rings. The van der Waals surface area contributed by atoms with Gasteiger partial charge in [-0.15, -0.1) is 5.10 Å². The Morgan fingerprint density at radius 3 is 2.45 bits per heavy atom. The zero-order valence-electron chi connectivity index (χ0n) is 24.6. The molecule has 2 aliphatic carbocycles. The second-order valence-electron chi connectivity index (χ2n) is 12.4. The Hall–Kier alpha value is -3.77. The normalized spacial score (nSPS) is 20.0. The summed E-state index contributed by atoms with van der Waals surface area (Å²) in [4.78, 5) is 31.7. The van der Waals surface area contributed by atoms with Crippen molar-refractivity contribution in [3.63, 3.8) is 0 Å². The molecule has 4 radical (unpaired) electrons. The van der Waals surface area contributed by atoms with Gasteiger partial charge in [-0.25, -0.2) is 4.98 Å². The molecule has 0 aliphatic heterocycles. The van der Waals surface area contributed by atoms with Crippen LogP contribution in [0.4, 0.5) is 11.5 Å². The number of carbonyl (C=O) groups is 2. The molecule has 5 rings (SSSR count). The van der Waals surface area contributed by atoms with Crippen LogP contribution < -0.4 is 9.64 Å². The molecule has 2 aromatic heterocycles. The summed E-state index contributed by atoms with van der Waals surface area (Å²) in [6.45, 7) is 7.91. The van der Waals surface area contributed by atoms with Gasteiger partial charge in [0, 0.05) is 12.4 Å². The number of anilines is 2. The fourth-order valence-corrected chi connectivity index (χ4v) is 5.88. The summed E-state index contributed by atoms with van der Waals surface area (Å²) < 4.78 is 8.03. The van der Waals surface area contributed by atoms with E-state index < -0.39 is 28.6 Å². The zero-order valence-corrected chi connectivity index (χ0v) is 24.6. The third kappa shape index (κ3) is 6.05. The number of carbonyl (C=O) groups excluding carboxylic acids is 1. The highest BCUT2D eigenvalue weighted by atomic mass is 16.5. The molecule has 11 heteroatoms. The summed E-state index contributed by atoms with van der Waals surface area (Å²) in [7, 11) is 12.7. The molecule has 2 fully saturated rings. The minimum absolute atomic E-state index is 0.240. The lowest BCUT2D eigenvalue weighted by molar-refractivity contribution is -0.149. The number of amides is 1. The van der Waals surface area contributed by atoms with Gasteiger partial charge in [-0.3, -0.25) is 19.2 Å². The van der Waals surface area contributed by atoms with Gasteiger partial charge in [0.2, 0.25) is 0 Å². The van der Waals surface area contributed by atoms with Gasteiger partial charge in [0.05, 0.1) is 17.1 Å². The zero-order chi connectivity index (χ0) is 30.6. The first kappa shape index (κ1) is 29.7. The Kier molecular flexibility index (Phi) is 7.65. The van der Waals surface area contributed by atoms with E-state index in [0.717, 1.165) is 29.5 Å². The molecule has 2 aliphatic rings. The van der Waals surface area contributed by atoms with Crippen LogP contribution in [0.1, 0.15) is 68.6 Å². The standard InChI is InChI=1S/C31H34B2N4O5/c1-17-14-21(19-6-7-19)24(15-18(17)2)37(26(38)12-13-31(32,33)41)25-11-10-23-27(34-25)28(35-36(23)5)42-20-8-9-22(29(39)40)30(3,4)16-20/h10-11,14-15,19-20,22,41H,6-9,16H2,1-5H3,(H,39,40)/t20-,22-/m1/s1. The maximum atomic E-state index is 13.7. The van der Waals surface area contributed by atoms with E-state index in [9.17, 15) is 19.8 Å². The Labute approximate surface area is 248 Å². The minimum atomic E-state index is -2.33.